The van der Waals surface area contributed by atoms with Gasteiger partial charge >= 0.3 is 5.97 Å². The summed E-state index contributed by atoms with van der Waals surface area (Å²) in [7, 11) is 1.52. The molecule has 3 heteroatoms. The van der Waals surface area contributed by atoms with E-state index in [4.69, 9.17) is 9.47 Å². The van der Waals surface area contributed by atoms with E-state index in [1.54, 1.807) is 0 Å². The summed E-state index contributed by atoms with van der Waals surface area (Å²) in [4.78, 5) is 11.8. The van der Waals surface area contributed by atoms with E-state index in [2.05, 4.69) is 41.5 Å². The van der Waals surface area contributed by atoms with E-state index in [-0.39, 0.29) is 5.97 Å². The number of carbonyl (C=O) groups excluding carboxylic acids is 1. The van der Waals surface area contributed by atoms with Gasteiger partial charge in [0.05, 0.1) is 13.2 Å². The first kappa shape index (κ1) is 25.5. The second-order valence-electron chi connectivity index (χ2n) is 13.3. The summed E-state index contributed by atoms with van der Waals surface area (Å²) < 4.78 is 11.2. The molecule has 11 atom stereocenters. The smallest absolute Gasteiger partial charge is 0.305 e. The molecular formula is C30H52O3. The Labute approximate surface area is 204 Å². The van der Waals surface area contributed by atoms with Gasteiger partial charge in [-0.05, 0) is 116 Å². The Morgan fingerprint density at radius 1 is 1.06 bits per heavy atom. The summed E-state index contributed by atoms with van der Waals surface area (Å²) in [6, 6.07) is 0. The minimum Gasteiger partial charge on any atom is -0.469 e. The van der Waals surface area contributed by atoms with Gasteiger partial charge in [0, 0.05) is 13.0 Å². The Balaban J connectivity index is 1.52. The maximum absolute atomic E-state index is 11.8. The van der Waals surface area contributed by atoms with Crippen LogP contribution in [0, 0.1) is 58.2 Å². The van der Waals surface area contributed by atoms with Crippen molar-refractivity contribution >= 4 is 5.97 Å². The van der Waals surface area contributed by atoms with Crippen LogP contribution in [0.5, 0.6) is 0 Å². The lowest BCUT2D eigenvalue weighted by Gasteiger charge is -2.65. The molecule has 0 bridgehead atoms. The van der Waals surface area contributed by atoms with Gasteiger partial charge in [-0.3, -0.25) is 4.79 Å². The third kappa shape index (κ3) is 4.31. The van der Waals surface area contributed by atoms with Crippen molar-refractivity contribution in [1.82, 2.24) is 0 Å². The van der Waals surface area contributed by atoms with Crippen LogP contribution in [0.4, 0.5) is 0 Å². The maximum Gasteiger partial charge on any atom is 0.305 e. The van der Waals surface area contributed by atoms with Crippen molar-refractivity contribution in [2.45, 2.75) is 112 Å². The standard InChI is InChI=1S/C30H52O3/c1-8-15-33-23-13-14-29(5)22(18-23)16-20(3)28-25-11-10-24(19(2)9-12-27(31)32-7)30(25,6)21(4)17-26(28)29/h19-26,28H,8-18H2,1-7H3/t19?,20?,21-,22?,23?,24?,25?,26?,28?,29?,30?/m0/s1. The van der Waals surface area contributed by atoms with Crippen molar-refractivity contribution in [1.29, 1.82) is 0 Å². The number of hydrogen-bond acceptors (Lipinski definition) is 3. The highest BCUT2D eigenvalue weighted by molar-refractivity contribution is 5.69. The Hall–Kier alpha value is -0.570. The first-order chi connectivity index (χ1) is 15.7. The molecule has 0 aromatic carbocycles. The molecule has 0 saturated heterocycles. The number of carbonyl (C=O) groups is 1. The van der Waals surface area contributed by atoms with Crippen molar-refractivity contribution in [3.8, 4) is 0 Å². The normalized spacial score (nSPS) is 47.8. The van der Waals surface area contributed by atoms with E-state index in [9.17, 15) is 4.79 Å². The number of fused-ring (bicyclic) bond motifs is 5. The summed E-state index contributed by atoms with van der Waals surface area (Å²) in [5.74, 6) is 6.39. The van der Waals surface area contributed by atoms with Gasteiger partial charge in [0.15, 0.2) is 0 Å². The molecule has 0 aromatic heterocycles. The molecule has 0 radical (unpaired) electrons. The first-order valence-corrected chi connectivity index (χ1v) is 14.3. The molecule has 10 unspecified atom stereocenters. The molecule has 4 fully saturated rings. The van der Waals surface area contributed by atoms with Gasteiger partial charge in [0.1, 0.15) is 0 Å². The monoisotopic (exact) mass is 460 g/mol. The van der Waals surface area contributed by atoms with Gasteiger partial charge in [0.25, 0.3) is 0 Å². The largest absolute Gasteiger partial charge is 0.469 e. The van der Waals surface area contributed by atoms with Gasteiger partial charge in [-0.1, -0.05) is 41.5 Å². The summed E-state index contributed by atoms with van der Waals surface area (Å²) in [5, 5.41) is 0. The lowest BCUT2D eigenvalue weighted by molar-refractivity contribution is -0.172. The number of ether oxygens (including phenoxy) is 2. The highest BCUT2D eigenvalue weighted by Crippen LogP contribution is 2.71. The second kappa shape index (κ2) is 9.82. The Morgan fingerprint density at radius 2 is 1.82 bits per heavy atom. The van der Waals surface area contributed by atoms with Crippen molar-refractivity contribution in [2.75, 3.05) is 13.7 Å². The molecule has 0 aliphatic heterocycles. The highest BCUT2D eigenvalue weighted by atomic mass is 16.5. The summed E-state index contributed by atoms with van der Waals surface area (Å²) in [5.41, 5.74) is 0.934. The molecule has 4 aliphatic rings. The van der Waals surface area contributed by atoms with Crippen LogP contribution >= 0.6 is 0 Å². The average molecular weight is 461 g/mol. The summed E-state index contributed by atoms with van der Waals surface area (Å²) in [6.07, 6.45) is 12.7. The lowest BCUT2D eigenvalue weighted by atomic mass is 9.40. The molecule has 0 heterocycles. The zero-order chi connectivity index (χ0) is 24.0. The lowest BCUT2D eigenvalue weighted by Crippen LogP contribution is -2.59. The Bertz CT molecular complexity index is 690. The molecule has 4 rings (SSSR count). The molecule has 0 N–H and O–H groups in total. The van der Waals surface area contributed by atoms with Crippen LogP contribution in [0.2, 0.25) is 0 Å². The Morgan fingerprint density at radius 3 is 2.52 bits per heavy atom. The van der Waals surface area contributed by atoms with Crippen LogP contribution in [-0.4, -0.2) is 25.8 Å². The van der Waals surface area contributed by atoms with Crippen molar-refractivity contribution in [2.24, 2.45) is 58.2 Å². The van der Waals surface area contributed by atoms with Crippen LogP contribution in [0.3, 0.4) is 0 Å². The van der Waals surface area contributed by atoms with Crippen LogP contribution in [0.25, 0.3) is 0 Å². The third-order valence-electron chi connectivity index (χ3n) is 11.9. The first-order valence-electron chi connectivity index (χ1n) is 14.3. The molecule has 190 valence electrons. The molecule has 4 aliphatic carbocycles. The van der Waals surface area contributed by atoms with Crippen LogP contribution < -0.4 is 0 Å². The molecule has 33 heavy (non-hydrogen) atoms. The van der Waals surface area contributed by atoms with Crippen LogP contribution in [0.1, 0.15) is 106 Å². The fourth-order valence-electron chi connectivity index (χ4n) is 9.99. The van der Waals surface area contributed by atoms with E-state index in [1.807, 2.05) is 0 Å². The maximum atomic E-state index is 11.8. The van der Waals surface area contributed by atoms with E-state index in [0.717, 1.165) is 60.9 Å². The van der Waals surface area contributed by atoms with Crippen LogP contribution in [0.15, 0.2) is 0 Å². The van der Waals surface area contributed by atoms with E-state index in [0.29, 0.717) is 29.3 Å². The predicted octanol–water partition coefficient (Wildman–Crippen LogP) is 7.52. The minimum absolute atomic E-state index is 0.0447. The van der Waals surface area contributed by atoms with Gasteiger partial charge in [-0.25, -0.2) is 0 Å². The second-order valence-corrected chi connectivity index (χ2v) is 13.3. The topological polar surface area (TPSA) is 35.5 Å². The molecule has 0 aromatic rings. The summed E-state index contributed by atoms with van der Waals surface area (Å²) in [6.45, 7) is 16.1. The Kier molecular flexibility index (Phi) is 7.60. The van der Waals surface area contributed by atoms with E-state index >= 15 is 0 Å². The average Bonchev–Trinajstić information content (AvgIpc) is 3.15. The molecular weight excluding hydrogens is 408 g/mol. The van der Waals surface area contributed by atoms with Crippen molar-refractivity contribution in [3.63, 3.8) is 0 Å². The highest BCUT2D eigenvalue weighted by Gasteiger charge is 2.64. The van der Waals surface area contributed by atoms with Gasteiger partial charge in [-0.2, -0.15) is 0 Å². The SMILES string of the molecule is CCCOC1CCC2(C)C(C1)CC(C)C1C2C[C@H](C)C2(C)C(C(C)CCC(=O)OC)CCC12. The zero-order valence-electron chi connectivity index (χ0n) is 22.7. The van der Waals surface area contributed by atoms with Crippen molar-refractivity contribution < 1.29 is 14.3 Å². The van der Waals surface area contributed by atoms with Gasteiger partial charge in [0.2, 0.25) is 0 Å². The molecule has 4 saturated carbocycles. The number of rotatable bonds is 7. The fourth-order valence-corrected chi connectivity index (χ4v) is 9.99. The third-order valence-corrected chi connectivity index (χ3v) is 11.9. The number of hydrogen-bond donors (Lipinski definition) is 0. The van der Waals surface area contributed by atoms with E-state index < -0.39 is 0 Å². The molecule has 0 amide bonds. The van der Waals surface area contributed by atoms with Crippen LogP contribution in [-0.2, 0) is 14.3 Å². The number of methoxy groups -OCH3 is 1. The van der Waals surface area contributed by atoms with Gasteiger partial charge < -0.3 is 9.47 Å². The minimum atomic E-state index is -0.0447. The molecule has 0 spiro atoms. The fraction of sp³-hybridized carbons (Fsp3) is 0.967. The van der Waals surface area contributed by atoms with Crippen molar-refractivity contribution in [3.05, 3.63) is 0 Å². The molecule has 3 nitrogen and oxygen atoms in total. The zero-order valence-corrected chi connectivity index (χ0v) is 22.7. The predicted molar refractivity (Wildman–Crippen MR) is 135 cm³/mol. The van der Waals surface area contributed by atoms with E-state index in [1.165, 1.54) is 52.1 Å². The number of esters is 1. The quantitative estimate of drug-likeness (QED) is 0.368. The van der Waals surface area contributed by atoms with Gasteiger partial charge in [-0.15, -0.1) is 0 Å². The summed E-state index contributed by atoms with van der Waals surface area (Å²) >= 11 is 0.